The van der Waals surface area contributed by atoms with Gasteiger partial charge in [0.25, 0.3) is 0 Å². The Morgan fingerprint density at radius 3 is 2.25 bits per heavy atom. The molecule has 0 spiro atoms. The van der Waals surface area contributed by atoms with Gasteiger partial charge in [0.05, 0.1) is 24.0 Å². The molecule has 1 aliphatic heterocycles. The van der Waals surface area contributed by atoms with Crippen LogP contribution in [-0.2, 0) is 9.31 Å². The van der Waals surface area contributed by atoms with E-state index in [1.165, 1.54) is 0 Å². The predicted molar refractivity (Wildman–Crippen MR) is 97.0 cm³/mol. The molecule has 0 unspecified atom stereocenters. The smallest absolute Gasteiger partial charge is 0.481 e. The molecule has 126 valence electrons. The minimum absolute atomic E-state index is 0.411. The van der Waals surface area contributed by atoms with Gasteiger partial charge < -0.3 is 14.0 Å². The van der Waals surface area contributed by atoms with Crippen molar-refractivity contribution in [1.29, 1.82) is 0 Å². The van der Waals surface area contributed by atoms with E-state index in [9.17, 15) is 0 Å². The van der Waals surface area contributed by atoms with Crippen LogP contribution in [0.5, 0.6) is 5.88 Å². The van der Waals surface area contributed by atoms with Gasteiger partial charge >= 0.3 is 7.12 Å². The molecule has 1 aromatic carbocycles. The fourth-order valence-electron chi connectivity index (χ4n) is 2.58. The van der Waals surface area contributed by atoms with Crippen LogP contribution in [0.2, 0.25) is 5.02 Å². The van der Waals surface area contributed by atoms with E-state index in [4.69, 9.17) is 25.6 Å². The van der Waals surface area contributed by atoms with Crippen LogP contribution >= 0.6 is 11.6 Å². The molecular weight excluding hydrogens is 324 g/mol. The lowest BCUT2D eigenvalue weighted by Crippen LogP contribution is -2.41. The van der Waals surface area contributed by atoms with E-state index < -0.39 is 18.3 Å². The number of hydrogen-bond acceptors (Lipinski definition) is 4. The van der Waals surface area contributed by atoms with E-state index >= 15 is 0 Å². The minimum Gasteiger partial charge on any atom is -0.481 e. The lowest BCUT2D eigenvalue weighted by molar-refractivity contribution is 0.00578. The van der Waals surface area contributed by atoms with Crippen molar-refractivity contribution in [1.82, 2.24) is 4.98 Å². The summed E-state index contributed by atoms with van der Waals surface area (Å²) in [5, 5.41) is 0.580. The van der Waals surface area contributed by atoms with Crippen molar-refractivity contribution in [2.24, 2.45) is 0 Å². The molecule has 0 bridgehead atoms. The van der Waals surface area contributed by atoms with Crippen LogP contribution in [0.1, 0.15) is 27.7 Å². The van der Waals surface area contributed by atoms with Crippen LogP contribution in [0, 0.1) is 0 Å². The van der Waals surface area contributed by atoms with Crippen LogP contribution in [0.4, 0.5) is 0 Å². The Labute approximate surface area is 148 Å². The van der Waals surface area contributed by atoms with E-state index in [2.05, 4.69) is 4.98 Å². The molecule has 0 aliphatic carbocycles. The molecule has 2 aromatic rings. The van der Waals surface area contributed by atoms with Gasteiger partial charge in [0.1, 0.15) is 0 Å². The van der Waals surface area contributed by atoms with Crippen molar-refractivity contribution in [2.45, 2.75) is 38.9 Å². The number of ether oxygens (including phenoxy) is 1. The van der Waals surface area contributed by atoms with Gasteiger partial charge in [-0.15, -0.1) is 0 Å². The number of halogens is 1. The molecule has 1 aliphatic rings. The maximum absolute atomic E-state index is 6.66. The van der Waals surface area contributed by atoms with E-state index in [-0.39, 0.29) is 0 Å². The van der Waals surface area contributed by atoms with Crippen LogP contribution in [0.15, 0.2) is 36.4 Å². The number of methoxy groups -OCH3 is 1. The quantitative estimate of drug-likeness (QED) is 0.795. The van der Waals surface area contributed by atoms with Gasteiger partial charge in [-0.05, 0) is 33.8 Å². The lowest BCUT2D eigenvalue weighted by Gasteiger charge is -2.32. The second-order valence-corrected chi connectivity index (χ2v) is 7.24. The third kappa shape index (κ3) is 2.92. The first-order chi connectivity index (χ1) is 11.2. The molecule has 6 heteroatoms. The summed E-state index contributed by atoms with van der Waals surface area (Å²) in [6.45, 7) is 8.09. The van der Waals surface area contributed by atoms with Crippen molar-refractivity contribution in [3.63, 3.8) is 0 Å². The van der Waals surface area contributed by atoms with Gasteiger partial charge in [-0.2, -0.15) is 0 Å². The van der Waals surface area contributed by atoms with Crippen LogP contribution in [0.25, 0.3) is 11.3 Å². The number of nitrogens with zero attached hydrogens (tertiary/aromatic N) is 1. The number of pyridine rings is 1. The van der Waals surface area contributed by atoms with Gasteiger partial charge in [0, 0.05) is 22.1 Å². The first-order valence-electron chi connectivity index (χ1n) is 7.90. The zero-order chi connectivity index (χ0) is 17.5. The number of hydrogen-bond donors (Lipinski definition) is 0. The Morgan fingerprint density at radius 2 is 1.62 bits per heavy atom. The SMILES string of the molecule is COc1cccc(-c2cccc(B3OC(C)(C)C(C)(C)O3)c2Cl)n1. The van der Waals surface area contributed by atoms with Crippen LogP contribution < -0.4 is 10.2 Å². The van der Waals surface area contributed by atoms with Crippen LogP contribution in [0.3, 0.4) is 0 Å². The average molecular weight is 346 g/mol. The lowest BCUT2D eigenvalue weighted by atomic mass is 9.78. The zero-order valence-corrected chi connectivity index (χ0v) is 15.3. The molecule has 0 amide bonds. The van der Waals surface area contributed by atoms with Crippen LogP contribution in [-0.4, -0.2) is 30.4 Å². The van der Waals surface area contributed by atoms with Crippen molar-refractivity contribution in [3.8, 4) is 17.1 Å². The van der Waals surface area contributed by atoms with E-state index in [0.29, 0.717) is 10.9 Å². The fraction of sp³-hybridized carbons (Fsp3) is 0.389. The molecule has 1 fully saturated rings. The zero-order valence-electron chi connectivity index (χ0n) is 14.6. The summed E-state index contributed by atoms with van der Waals surface area (Å²) in [6, 6.07) is 11.4. The molecule has 0 atom stereocenters. The second kappa shape index (κ2) is 6.06. The predicted octanol–water partition coefficient (Wildman–Crippen LogP) is 3.71. The summed E-state index contributed by atoms with van der Waals surface area (Å²) < 4.78 is 17.4. The monoisotopic (exact) mass is 345 g/mol. The van der Waals surface area contributed by atoms with Gasteiger partial charge in [0.2, 0.25) is 5.88 Å². The van der Waals surface area contributed by atoms with Gasteiger partial charge in [-0.25, -0.2) is 4.98 Å². The fourth-order valence-corrected chi connectivity index (χ4v) is 2.89. The molecule has 3 rings (SSSR count). The molecular formula is C18H21BClNO3. The maximum atomic E-state index is 6.66. The van der Waals surface area contributed by atoms with Crippen molar-refractivity contribution < 1.29 is 14.0 Å². The Bertz CT molecular complexity index is 748. The van der Waals surface area contributed by atoms with Gasteiger partial charge in [0.15, 0.2) is 0 Å². The number of aromatic nitrogens is 1. The topological polar surface area (TPSA) is 40.6 Å². The average Bonchev–Trinajstić information content (AvgIpc) is 2.75. The maximum Gasteiger partial charge on any atom is 0.496 e. The highest BCUT2D eigenvalue weighted by Crippen LogP contribution is 2.37. The second-order valence-electron chi connectivity index (χ2n) is 6.86. The van der Waals surface area contributed by atoms with Crippen molar-refractivity contribution in [2.75, 3.05) is 7.11 Å². The van der Waals surface area contributed by atoms with E-state index in [0.717, 1.165) is 16.7 Å². The molecule has 0 radical (unpaired) electrons. The Balaban J connectivity index is 2.01. The van der Waals surface area contributed by atoms with E-state index in [1.54, 1.807) is 13.2 Å². The summed E-state index contributed by atoms with van der Waals surface area (Å²) in [5.74, 6) is 0.546. The highest BCUT2D eigenvalue weighted by Gasteiger charge is 2.52. The molecule has 0 saturated carbocycles. The summed E-state index contributed by atoms with van der Waals surface area (Å²) in [4.78, 5) is 4.46. The molecule has 2 heterocycles. The van der Waals surface area contributed by atoms with Crippen molar-refractivity contribution in [3.05, 3.63) is 41.4 Å². The summed E-state index contributed by atoms with van der Waals surface area (Å²) in [7, 11) is 1.09. The Morgan fingerprint density at radius 1 is 1.00 bits per heavy atom. The molecule has 4 nitrogen and oxygen atoms in total. The minimum atomic E-state index is -0.506. The van der Waals surface area contributed by atoms with Gasteiger partial charge in [-0.3, -0.25) is 0 Å². The summed E-state index contributed by atoms with van der Waals surface area (Å²) in [5.41, 5.74) is 1.55. The first-order valence-corrected chi connectivity index (χ1v) is 8.28. The number of benzene rings is 1. The molecule has 1 saturated heterocycles. The highest BCUT2D eigenvalue weighted by molar-refractivity contribution is 6.66. The Hall–Kier alpha value is -1.56. The van der Waals surface area contributed by atoms with Gasteiger partial charge in [-0.1, -0.05) is 35.9 Å². The molecule has 1 aromatic heterocycles. The van der Waals surface area contributed by atoms with E-state index in [1.807, 2.05) is 58.0 Å². The highest BCUT2D eigenvalue weighted by atomic mass is 35.5. The molecule has 0 N–H and O–H groups in total. The normalized spacial score (nSPS) is 18.7. The largest absolute Gasteiger partial charge is 0.496 e. The Kier molecular flexibility index (Phi) is 4.37. The third-order valence-electron chi connectivity index (χ3n) is 4.74. The van der Waals surface area contributed by atoms with Crippen molar-refractivity contribution >= 4 is 24.2 Å². The molecule has 24 heavy (non-hydrogen) atoms. The summed E-state index contributed by atoms with van der Waals surface area (Å²) in [6.07, 6.45) is 0. The standard InChI is InChI=1S/C18H21BClNO3/c1-17(2)18(3,4)24-19(23-17)13-9-6-8-12(16(13)20)14-10-7-11-15(21-14)22-5/h6-11H,1-5H3. The third-order valence-corrected chi connectivity index (χ3v) is 5.17. The summed E-state index contributed by atoms with van der Waals surface area (Å²) >= 11 is 6.66. The number of rotatable bonds is 3. The first kappa shape index (κ1) is 17.3.